The van der Waals surface area contributed by atoms with Crippen LogP contribution < -0.4 is 10.0 Å². The third-order valence-electron chi connectivity index (χ3n) is 4.72. The Labute approximate surface area is 186 Å². The van der Waals surface area contributed by atoms with Crippen molar-refractivity contribution in [2.24, 2.45) is 5.92 Å². The van der Waals surface area contributed by atoms with Gasteiger partial charge in [-0.15, -0.1) is 5.10 Å². The van der Waals surface area contributed by atoms with E-state index in [2.05, 4.69) is 25.6 Å². The Morgan fingerprint density at radius 3 is 2.41 bits per heavy atom. The molecule has 0 aliphatic carbocycles. The molecule has 0 saturated carbocycles. The maximum atomic E-state index is 14.3. The molecule has 1 atom stereocenters. The fourth-order valence-electron chi connectivity index (χ4n) is 3.09. The van der Waals surface area contributed by atoms with Crippen LogP contribution in [0.3, 0.4) is 0 Å². The summed E-state index contributed by atoms with van der Waals surface area (Å²) in [5.74, 6) is -0.715. The number of tetrazole rings is 1. The van der Waals surface area contributed by atoms with E-state index in [-0.39, 0.29) is 28.6 Å². The normalized spacial score (nSPS) is 12.7. The van der Waals surface area contributed by atoms with Gasteiger partial charge in [0.1, 0.15) is 17.5 Å². The zero-order chi connectivity index (χ0) is 23.5. The molecule has 1 heterocycles. The summed E-state index contributed by atoms with van der Waals surface area (Å²) in [5.41, 5.74) is 1.26. The summed E-state index contributed by atoms with van der Waals surface area (Å²) in [4.78, 5) is 13.1. The Morgan fingerprint density at radius 1 is 1.12 bits per heavy atom. The number of amides is 1. The lowest BCUT2D eigenvalue weighted by Gasteiger charge is -2.20. The third kappa shape index (κ3) is 5.54. The molecular formula is C21H25FN6O3S. The third-order valence-corrected chi connectivity index (χ3v) is 6.21. The van der Waals surface area contributed by atoms with Gasteiger partial charge in [-0.2, -0.15) is 9.40 Å². The first kappa shape index (κ1) is 23.5. The van der Waals surface area contributed by atoms with Crippen LogP contribution in [0.5, 0.6) is 0 Å². The van der Waals surface area contributed by atoms with Crippen LogP contribution in [0.4, 0.5) is 10.1 Å². The second-order valence-electron chi connectivity index (χ2n) is 7.91. The Balaban J connectivity index is 1.84. The van der Waals surface area contributed by atoms with E-state index < -0.39 is 27.8 Å². The fraction of sp³-hybridized carbons (Fsp3) is 0.333. The van der Waals surface area contributed by atoms with Crippen molar-refractivity contribution in [1.82, 2.24) is 24.9 Å². The number of carbonyl (C=O) groups is 1. The maximum absolute atomic E-state index is 14.3. The maximum Gasteiger partial charge on any atom is 0.242 e. The average Bonchev–Trinajstić information content (AvgIpc) is 3.14. The lowest BCUT2D eigenvalue weighted by Crippen LogP contribution is -2.44. The molecule has 0 fully saturated rings. The predicted molar refractivity (Wildman–Crippen MR) is 117 cm³/mol. The summed E-state index contributed by atoms with van der Waals surface area (Å²) in [6, 6.07) is 9.28. The molecule has 2 N–H and O–H groups in total. The van der Waals surface area contributed by atoms with Crippen molar-refractivity contribution < 1.29 is 17.6 Å². The number of nitrogens with zero attached hydrogens (tertiary/aromatic N) is 4. The van der Waals surface area contributed by atoms with Crippen LogP contribution in [-0.2, 0) is 14.8 Å². The number of nitrogens with one attached hydrogen (secondary N) is 2. The second-order valence-corrected chi connectivity index (χ2v) is 9.62. The zero-order valence-electron chi connectivity index (χ0n) is 18.2. The number of aryl methyl sites for hydroxylation is 2. The van der Waals surface area contributed by atoms with Gasteiger partial charge < -0.3 is 5.32 Å². The number of halogens is 1. The first-order chi connectivity index (χ1) is 15.1. The number of benzene rings is 2. The molecule has 1 aromatic heterocycles. The summed E-state index contributed by atoms with van der Waals surface area (Å²) in [6.07, 6.45) is 0.275. The minimum absolute atomic E-state index is 0.0409. The van der Waals surface area contributed by atoms with Gasteiger partial charge in [-0.3, -0.25) is 4.79 Å². The number of hydrogen-bond acceptors (Lipinski definition) is 6. The highest BCUT2D eigenvalue weighted by atomic mass is 32.2. The van der Waals surface area contributed by atoms with Gasteiger partial charge in [-0.05, 0) is 66.9 Å². The molecule has 11 heteroatoms. The SMILES string of the molecule is Cc1ccc(S(=O)(=O)NC(CC(C)C)C(=O)Nc2ccc(F)c(-n3nnnc3C)c2)cc1. The van der Waals surface area contributed by atoms with Gasteiger partial charge in [0.2, 0.25) is 15.9 Å². The van der Waals surface area contributed by atoms with Gasteiger partial charge >= 0.3 is 0 Å². The van der Waals surface area contributed by atoms with Gasteiger partial charge in [0.15, 0.2) is 5.82 Å². The first-order valence-electron chi connectivity index (χ1n) is 10.0. The summed E-state index contributed by atoms with van der Waals surface area (Å²) in [6.45, 7) is 7.24. The van der Waals surface area contributed by atoms with Gasteiger partial charge in [0.25, 0.3) is 0 Å². The number of rotatable bonds is 8. The Hall–Kier alpha value is -3.18. The molecule has 3 rings (SSSR count). The number of aromatic nitrogens is 4. The monoisotopic (exact) mass is 460 g/mol. The van der Waals surface area contributed by atoms with Crippen LogP contribution in [0.25, 0.3) is 5.69 Å². The zero-order valence-corrected chi connectivity index (χ0v) is 19.0. The molecule has 0 spiro atoms. The molecule has 2 aromatic carbocycles. The summed E-state index contributed by atoms with van der Waals surface area (Å²) < 4.78 is 43.6. The number of sulfonamides is 1. The highest BCUT2D eigenvalue weighted by molar-refractivity contribution is 7.89. The minimum atomic E-state index is -3.92. The van der Waals surface area contributed by atoms with Gasteiger partial charge in [0.05, 0.1) is 4.90 Å². The summed E-state index contributed by atoms with van der Waals surface area (Å²) >= 11 is 0. The lowest BCUT2D eigenvalue weighted by molar-refractivity contribution is -0.118. The van der Waals surface area contributed by atoms with Crippen LogP contribution >= 0.6 is 0 Å². The van der Waals surface area contributed by atoms with Crippen molar-refractivity contribution in [3.05, 3.63) is 59.7 Å². The summed E-state index contributed by atoms with van der Waals surface area (Å²) in [7, 11) is -3.92. The molecule has 9 nitrogen and oxygen atoms in total. The number of anilines is 1. The van der Waals surface area contributed by atoms with Crippen molar-refractivity contribution in [2.75, 3.05) is 5.32 Å². The van der Waals surface area contributed by atoms with E-state index in [0.717, 1.165) is 5.56 Å². The van der Waals surface area contributed by atoms with Crippen molar-refractivity contribution in [3.63, 3.8) is 0 Å². The Bertz CT molecular complexity index is 1210. The molecule has 1 unspecified atom stereocenters. The predicted octanol–water partition coefficient (Wildman–Crippen LogP) is 2.75. The van der Waals surface area contributed by atoms with E-state index >= 15 is 0 Å². The van der Waals surface area contributed by atoms with Gasteiger partial charge in [0, 0.05) is 5.69 Å². The Morgan fingerprint density at radius 2 is 1.81 bits per heavy atom. The lowest BCUT2D eigenvalue weighted by atomic mass is 10.0. The van der Waals surface area contributed by atoms with E-state index in [1.54, 1.807) is 19.1 Å². The molecule has 0 bridgehead atoms. The van der Waals surface area contributed by atoms with Crippen LogP contribution in [0.2, 0.25) is 0 Å². The fourth-order valence-corrected chi connectivity index (χ4v) is 4.30. The quantitative estimate of drug-likeness (QED) is 0.534. The second kappa shape index (κ2) is 9.53. The van der Waals surface area contributed by atoms with E-state index in [0.29, 0.717) is 5.82 Å². The highest BCUT2D eigenvalue weighted by Crippen LogP contribution is 2.20. The Kier molecular flexibility index (Phi) is 6.99. The average molecular weight is 461 g/mol. The summed E-state index contributed by atoms with van der Waals surface area (Å²) in [5, 5.41) is 13.6. The van der Waals surface area contributed by atoms with Crippen molar-refractivity contribution in [2.45, 2.75) is 45.1 Å². The van der Waals surface area contributed by atoms with Gasteiger partial charge in [-0.25, -0.2) is 12.8 Å². The van der Waals surface area contributed by atoms with Crippen LogP contribution in [0, 0.1) is 25.6 Å². The van der Waals surface area contributed by atoms with Crippen LogP contribution in [0.15, 0.2) is 47.4 Å². The molecule has 0 aliphatic heterocycles. The molecule has 170 valence electrons. The van der Waals surface area contributed by atoms with E-state index in [4.69, 9.17) is 0 Å². The molecular weight excluding hydrogens is 435 g/mol. The molecule has 3 aromatic rings. The minimum Gasteiger partial charge on any atom is -0.325 e. The van der Waals surface area contributed by atoms with E-state index in [1.807, 2.05) is 20.8 Å². The molecule has 0 saturated heterocycles. The van der Waals surface area contributed by atoms with Gasteiger partial charge in [-0.1, -0.05) is 31.5 Å². The highest BCUT2D eigenvalue weighted by Gasteiger charge is 2.27. The molecule has 32 heavy (non-hydrogen) atoms. The molecule has 0 radical (unpaired) electrons. The smallest absolute Gasteiger partial charge is 0.242 e. The number of hydrogen-bond donors (Lipinski definition) is 2. The topological polar surface area (TPSA) is 119 Å². The van der Waals surface area contributed by atoms with E-state index in [1.165, 1.54) is 35.0 Å². The molecule has 1 amide bonds. The van der Waals surface area contributed by atoms with Crippen molar-refractivity contribution in [3.8, 4) is 5.69 Å². The van der Waals surface area contributed by atoms with Crippen LogP contribution in [-0.4, -0.2) is 40.6 Å². The first-order valence-corrected chi connectivity index (χ1v) is 11.5. The number of carbonyl (C=O) groups excluding carboxylic acids is 1. The van der Waals surface area contributed by atoms with E-state index in [9.17, 15) is 17.6 Å². The van der Waals surface area contributed by atoms with Crippen molar-refractivity contribution >= 4 is 21.6 Å². The van der Waals surface area contributed by atoms with Crippen molar-refractivity contribution in [1.29, 1.82) is 0 Å². The molecule has 0 aliphatic rings. The standard InChI is InChI=1S/C21H25FN6O3S/c1-13(2)11-19(25-32(30,31)17-8-5-14(3)6-9-17)21(29)23-16-7-10-18(22)20(12-16)28-15(4)24-26-27-28/h5-10,12-13,19,25H,11H2,1-4H3,(H,23,29). The van der Waals surface area contributed by atoms with Crippen LogP contribution in [0.1, 0.15) is 31.7 Å². The largest absolute Gasteiger partial charge is 0.325 e.